The topological polar surface area (TPSA) is 97.7 Å². The monoisotopic (exact) mass is 532 g/mol. The Kier molecular flexibility index (Phi) is 6.40. The van der Waals surface area contributed by atoms with Crippen LogP contribution in [0.5, 0.6) is 5.75 Å². The number of nitrogens with zero attached hydrogens (tertiary/aromatic N) is 4. The molecule has 4 aromatic heterocycles. The summed E-state index contributed by atoms with van der Waals surface area (Å²) in [6.45, 7) is 3.23. The lowest BCUT2D eigenvalue weighted by atomic mass is 10.1. The Morgan fingerprint density at radius 3 is 2.95 bits per heavy atom. The molecule has 1 atom stereocenters. The second-order valence-electron chi connectivity index (χ2n) is 9.30. The van der Waals surface area contributed by atoms with E-state index in [2.05, 4.69) is 29.8 Å². The highest BCUT2D eigenvalue weighted by Gasteiger charge is 2.23. The molecule has 1 unspecified atom stereocenters. The summed E-state index contributed by atoms with van der Waals surface area (Å²) in [5.74, 6) is 1.25. The SMILES string of the molecule is CC(Nc1ncc(-c2cncn2CC2CC2)s1)c1cc2cc(Cl)c(OCc3ccccn3)cc2[nH]c1=O. The summed E-state index contributed by atoms with van der Waals surface area (Å²) < 4.78 is 8.05. The van der Waals surface area contributed by atoms with Gasteiger partial charge in [-0.15, -0.1) is 0 Å². The van der Waals surface area contributed by atoms with Gasteiger partial charge in [0.1, 0.15) is 12.4 Å². The number of halogens is 1. The van der Waals surface area contributed by atoms with E-state index in [1.165, 1.54) is 12.8 Å². The van der Waals surface area contributed by atoms with Gasteiger partial charge in [-0.2, -0.15) is 0 Å². The Morgan fingerprint density at radius 2 is 2.14 bits per heavy atom. The highest BCUT2D eigenvalue weighted by Crippen LogP contribution is 2.35. The second-order valence-corrected chi connectivity index (χ2v) is 10.7. The van der Waals surface area contributed by atoms with Crippen molar-refractivity contribution in [3.05, 3.63) is 87.9 Å². The number of thiazole rings is 1. The minimum absolute atomic E-state index is 0.176. The van der Waals surface area contributed by atoms with Gasteiger partial charge in [-0.1, -0.05) is 29.0 Å². The van der Waals surface area contributed by atoms with Gasteiger partial charge < -0.3 is 19.6 Å². The van der Waals surface area contributed by atoms with Gasteiger partial charge >= 0.3 is 0 Å². The number of H-pyrrole nitrogens is 1. The number of pyridine rings is 2. The van der Waals surface area contributed by atoms with Crippen molar-refractivity contribution in [1.82, 2.24) is 24.5 Å². The van der Waals surface area contributed by atoms with E-state index in [0.717, 1.165) is 39.2 Å². The highest BCUT2D eigenvalue weighted by molar-refractivity contribution is 7.18. The van der Waals surface area contributed by atoms with Crippen LogP contribution in [0.2, 0.25) is 5.02 Å². The molecular formula is C27H25ClN6O2S. The third-order valence-corrected chi connectivity index (χ3v) is 7.70. The van der Waals surface area contributed by atoms with Crippen molar-refractivity contribution in [1.29, 1.82) is 0 Å². The summed E-state index contributed by atoms with van der Waals surface area (Å²) in [5.41, 5.74) is 2.94. The first-order valence-corrected chi connectivity index (χ1v) is 13.3. The Bertz CT molecular complexity index is 1610. The molecule has 37 heavy (non-hydrogen) atoms. The van der Waals surface area contributed by atoms with E-state index in [0.29, 0.717) is 21.9 Å². The number of imidazole rings is 1. The smallest absolute Gasteiger partial charge is 0.253 e. The van der Waals surface area contributed by atoms with Crippen LogP contribution in [0, 0.1) is 5.92 Å². The van der Waals surface area contributed by atoms with Gasteiger partial charge in [0.15, 0.2) is 5.13 Å². The Hall–Kier alpha value is -3.69. The molecule has 188 valence electrons. The predicted octanol–water partition coefficient (Wildman–Crippen LogP) is 6.06. The Labute approximate surface area is 222 Å². The van der Waals surface area contributed by atoms with Crippen molar-refractivity contribution in [3.8, 4) is 16.3 Å². The van der Waals surface area contributed by atoms with Crippen LogP contribution in [0.3, 0.4) is 0 Å². The van der Waals surface area contributed by atoms with Gasteiger partial charge in [-0.3, -0.25) is 9.78 Å². The molecule has 6 rings (SSSR count). The van der Waals surface area contributed by atoms with Crippen molar-refractivity contribution in [2.75, 3.05) is 5.32 Å². The molecule has 1 saturated carbocycles. The molecule has 2 N–H and O–H groups in total. The number of aromatic nitrogens is 5. The molecule has 0 bridgehead atoms. The van der Waals surface area contributed by atoms with Crippen LogP contribution >= 0.6 is 22.9 Å². The lowest BCUT2D eigenvalue weighted by Gasteiger charge is -2.14. The minimum Gasteiger partial charge on any atom is -0.486 e. The van der Waals surface area contributed by atoms with E-state index in [-0.39, 0.29) is 18.2 Å². The normalized spacial score (nSPS) is 14.1. The third-order valence-electron chi connectivity index (χ3n) is 6.46. The molecule has 5 aromatic rings. The summed E-state index contributed by atoms with van der Waals surface area (Å²) in [6.07, 6.45) is 9.92. The van der Waals surface area contributed by atoms with E-state index < -0.39 is 0 Å². The number of nitrogens with one attached hydrogen (secondary N) is 2. The second kappa shape index (κ2) is 9.99. The van der Waals surface area contributed by atoms with Crippen LogP contribution in [0.25, 0.3) is 21.5 Å². The van der Waals surface area contributed by atoms with Gasteiger partial charge in [0.2, 0.25) is 0 Å². The molecule has 0 saturated heterocycles. The van der Waals surface area contributed by atoms with E-state index in [1.807, 2.05) is 49.9 Å². The van der Waals surface area contributed by atoms with Crippen molar-refractivity contribution >= 4 is 39.0 Å². The fraction of sp³-hybridized carbons (Fsp3) is 0.259. The molecule has 1 aliphatic carbocycles. The fourth-order valence-electron chi connectivity index (χ4n) is 4.26. The maximum atomic E-state index is 13.0. The molecule has 1 aliphatic rings. The first-order valence-electron chi connectivity index (χ1n) is 12.2. The maximum Gasteiger partial charge on any atom is 0.253 e. The number of anilines is 1. The standard InChI is InChI=1S/C27H25ClN6O2S/c1-16(32-27-31-12-25(37-27)23-11-29-15-34(23)13-17-5-6-17)20-8-18-9-21(28)24(10-22(18)33-26(20)35)36-14-19-4-2-3-7-30-19/h2-4,7-12,15-17H,5-6,13-14H2,1H3,(H,31,32)(H,33,35). The van der Waals surface area contributed by atoms with Gasteiger partial charge in [0, 0.05) is 36.0 Å². The average molecular weight is 533 g/mol. The highest BCUT2D eigenvalue weighted by atomic mass is 35.5. The van der Waals surface area contributed by atoms with Crippen LogP contribution in [-0.4, -0.2) is 24.5 Å². The van der Waals surface area contributed by atoms with Crippen molar-refractivity contribution in [2.45, 2.75) is 39.0 Å². The zero-order valence-corrected chi connectivity index (χ0v) is 21.7. The van der Waals surface area contributed by atoms with Crippen molar-refractivity contribution in [3.63, 3.8) is 0 Å². The number of ether oxygens (including phenoxy) is 1. The van der Waals surface area contributed by atoms with Crippen LogP contribution in [0.4, 0.5) is 5.13 Å². The molecule has 1 fully saturated rings. The number of benzene rings is 1. The Morgan fingerprint density at radius 1 is 1.24 bits per heavy atom. The molecule has 0 amide bonds. The molecule has 0 spiro atoms. The van der Waals surface area contributed by atoms with Crippen LogP contribution < -0.4 is 15.6 Å². The van der Waals surface area contributed by atoms with Crippen LogP contribution in [-0.2, 0) is 13.2 Å². The summed E-state index contributed by atoms with van der Waals surface area (Å²) in [7, 11) is 0. The van der Waals surface area contributed by atoms with Gasteiger partial charge in [0.05, 0.1) is 45.4 Å². The van der Waals surface area contributed by atoms with Gasteiger partial charge in [-0.25, -0.2) is 9.97 Å². The number of rotatable bonds is 9. The van der Waals surface area contributed by atoms with E-state index in [1.54, 1.807) is 29.7 Å². The van der Waals surface area contributed by atoms with Gasteiger partial charge in [0.25, 0.3) is 5.56 Å². The first-order chi connectivity index (χ1) is 18.0. The molecule has 1 aromatic carbocycles. The molecule has 8 nitrogen and oxygen atoms in total. The zero-order chi connectivity index (χ0) is 25.4. The largest absolute Gasteiger partial charge is 0.486 e. The summed E-state index contributed by atoms with van der Waals surface area (Å²) in [5, 5.41) is 5.41. The predicted molar refractivity (Wildman–Crippen MR) is 146 cm³/mol. The fourth-order valence-corrected chi connectivity index (χ4v) is 5.42. The number of hydrogen-bond donors (Lipinski definition) is 2. The van der Waals surface area contributed by atoms with Crippen LogP contribution in [0.15, 0.2) is 66.1 Å². The lowest BCUT2D eigenvalue weighted by Crippen LogP contribution is -2.19. The number of hydrogen-bond acceptors (Lipinski definition) is 7. The average Bonchev–Trinajstić information content (AvgIpc) is 3.39. The van der Waals surface area contributed by atoms with Gasteiger partial charge in [-0.05, 0) is 49.9 Å². The lowest BCUT2D eigenvalue weighted by molar-refractivity contribution is 0.302. The molecule has 4 heterocycles. The summed E-state index contributed by atoms with van der Waals surface area (Å²) in [4.78, 5) is 30.1. The van der Waals surface area contributed by atoms with Crippen LogP contribution in [0.1, 0.15) is 37.1 Å². The Balaban J connectivity index is 1.19. The zero-order valence-electron chi connectivity index (χ0n) is 20.1. The molecular weight excluding hydrogens is 508 g/mol. The molecule has 0 radical (unpaired) electrons. The van der Waals surface area contributed by atoms with E-state index in [4.69, 9.17) is 16.3 Å². The van der Waals surface area contributed by atoms with E-state index >= 15 is 0 Å². The molecule has 0 aliphatic heterocycles. The summed E-state index contributed by atoms with van der Waals surface area (Å²) in [6, 6.07) is 10.8. The molecule has 10 heteroatoms. The number of fused-ring (bicyclic) bond motifs is 1. The summed E-state index contributed by atoms with van der Waals surface area (Å²) >= 11 is 8.06. The maximum absolute atomic E-state index is 13.0. The first kappa shape index (κ1) is 23.7. The number of aromatic amines is 1. The third kappa shape index (κ3) is 5.23. The van der Waals surface area contributed by atoms with Crippen molar-refractivity contribution < 1.29 is 4.74 Å². The minimum atomic E-state index is -0.262. The van der Waals surface area contributed by atoms with Crippen molar-refractivity contribution in [2.24, 2.45) is 5.92 Å². The quantitative estimate of drug-likeness (QED) is 0.239. The van der Waals surface area contributed by atoms with E-state index in [9.17, 15) is 4.79 Å².